The van der Waals surface area contributed by atoms with Crippen molar-refractivity contribution in [3.63, 3.8) is 0 Å². The van der Waals surface area contributed by atoms with Crippen LogP contribution in [0.2, 0.25) is 0 Å². The Hall–Kier alpha value is -2.77. The molecule has 8 heteroatoms. The largest absolute Gasteiger partial charge is 0.481 e. The van der Waals surface area contributed by atoms with Crippen molar-refractivity contribution in [1.29, 1.82) is 0 Å². The van der Waals surface area contributed by atoms with Gasteiger partial charge in [-0.25, -0.2) is 14.1 Å². The van der Waals surface area contributed by atoms with Gasteiger partial charge in [0.05, 0.1) is 0 Å². The van der Waals surface area contributed by atoms with E-state index in [1.54, 1.807) is 23.1 Å². The minimum absolute atomic E-state index is 0.0205. The fourth-order valence-corrected chi connectivity index (χ4v) is 3.62. The third-order valence-corrected chi connectivity index (χ3v) is 5.00. The standard InChI is InChI=1S/C20H25FN4O3/c1-2-7-17-22-19(23-25(17)16-10-4-3-9-15(16)21)20(28)24-13-6-5-8-14(24)11-12-18(26)27/h3-4,9-10,14H,2,5-8,11-13H2,1H3,(H,26,27). The zero-order chi connectivity index (χ0) is 20.1. The molecule has 7 nitrogen and oxygen atoms in total. The van der Waals surface area contributed by atoms with E-state index in [-0.39, 0.29) is 29.9 Å². The topological polar surface area (TPSA) is 88.3 Å². The number of piperidine rings is 1. The summed E-state index contributed by atoms with van der Waals surface area (Å²) in [6, 6.07) is 6.13. The van der Waals surface area contributed by atoms with Crippen molar-refractivity contribution in [2.24, 2.45) is 0 Å². The summed E-state index contributed by atoms with van der Waals surface area (Å²) in [5.41, 5.74) is 0.263. The van der Waals surface area contributed by atoms with Crippen LogP contribution in [0.15, 0.2) is 24.3 Å². The molecule has 0 radical (unpaired) electrons. The van der Waals surface area contributed by atoms with E-state index in [1.165, 1.54) is 10.7 Å². The van der Waals surface area contributed by atoms with Crippen LogP contribution in [-0.4, -0.2) is 49.2 Å². The Morgan fingerprint density at radius 2 is 2.07 bits per heavy atom. The summed E-state index contributed by atoms with van der Waals surface area (Å²) in [5.74, 6) is -1.04. The third-order valence-electron chi connectivity index (χ3n) is 5.00. The number of benzene rings is 1. The molecule has 1 aliphatic heterocycles. The number of likely N-dealkylation sites (tertiary alicyclic amines) is 1. The van der Waals surface area contributed by atoms with Crippen LogP contribution in [0.4, 0.5) is 4.39 Å². The summed E-state index contributed by atoms with van der Waals surface area (Å²) < 4.78 is 15.7. The number of halogens is 1. The predicted molar refractivity (Wildman–Crippen MR) is 101 cm³/mol. The van der Waals surface area contributed by atoms with E-state index in [1.807, 2.05) is 6.92 Å². The predicted octanol–water partition coefficient (Wildman–Crippen LogP) is 3.22. The number of rotatable bonds is 7. The lowest BCUT2D eigenvalue weighted by atomic mass is 9.98. The molecule has 1 N–H and O–H groups in total. The molecule has 0 saturated carbocycles. The van der Waals surface area contributed by atoms with Gasteiger partial charge in [0.15, 0.2) is 0 Å². The quantitative estimate of drug-likeness (QED) is 0.787. The zero-order valence-corrected chi connectivity index (χ0v) is 16.0. The fraction of sp³-hybridized carbons (Fsp3) is 0.500. The number of carboxylic acid groups (broad SMARTS) is 1. The van der Waals surface area contributed by atoms with Crippen LogP contribution in [0.5, 0.6) is 0 Å². The fourth-order valence-electron chi connectivity index (χ4n) is 3.62. The molecule has 28 heavy (non-hydrogen) atoms. The van der Waals surface area contributed by atoms with Gasteiger partial charge in [0.2, 0.25) is 5.82 Å². The minimum atomic E-state index is -0.870. The zero-order valence-electron chi connectivity index (χ0n) is 16.0. The van der Waals surface area contributed by atoms with Crippen LogP contribution < -0.4 is 0 Å². The van der Waals surface area contributed by atoms with Crippen molar-refractivity contribution in [3.05, 3.63) is 41.7 Å². The number of hydrogen-bond acceptors (Lipinski definition) is 4. The number of aliphatic carboxylic acids is 1. The van der Waals surface area contributed by atoms with Gasteiger partial charge in [0.1, 0.15) is 17.3 Å². The van der Waals surface area contributed by atoms with Crippen molar-refractivity contribution in [2.45, 2.75) is 57.9 Å². The number of carbonyl (C=O) groups is 2. The van der Waals surface area contributed by atoms with Crippen LogP contribution in [0.3, 0.4) is 0 Å². The monoisotopic (exact) mass is 388 g/mol. The Morgan fingerprint density at radius 1 is 1.29 bits per heavy atom. The number of amides is 1. The number of para-hydroxylation sites is 1. The Balaban J connectivity index is 1.89. The van der Waals surface area contributed by atoms with Gasteiger partial charge >= 0.3 is 5.97 Å². The number of aryl methyl sites for hydroxylation is 1. The first-order valence-corrected chi connectivity index (χ1v) is 9.74. The maximum atomic E-state index is 14.3. The lowest BCUT2D eigenvalue weighted by molar-refractivity contribution is -0.137. The maximum Gasteiger partial charge on any atom is 0.303 e. The first kappa shape index (κ1) is 20.0. The van der Waals surface area contributed by atoms with Gasteiger partial charge in [-0.2, -0.15) is 0 Å². The lowest BCUT2D eigenvalue weighted by Crippen LogP contribution is -2.44. The highest BCUT2D eigenvalue weighted by molar-refractivity contribution is 5.90. The van der Waals surface area contributed by atoms with Crippen LogP contribution in [0, 0.1) is 5.82 Å². The van der Waals surface area contributed by atoms with E-state index in [2.05, 4.69) is 10.1 Å². The molecule has 0 aliphatic carbocycles. The third kappa shape index (κ3) is 4.37. The Morgan fingerprint density at radius 3 is 2.79 bits per heavy atom. The second kappa shape index (κ2) is 8.95. The SMILES string of the molecule is CCCc1nc(C(=O)N2CCCCC2CCC(=O)O)nn1-c1ccccc1F. The van der Waals surface area contributed by atoms with E-state index in [4.69, 9.17) is 5.11 Å². The number of nitrogens with zero attached hydrogens (tertiary/aromatic N) is 4. The number of hydrogen-bond donors (Lipinski definition) is 1. The molecular formula is C20H25FN4O3. The highest BCUT2D eigenvalue weighted by Crippen LogP contribution is 2.23. The van der Waals surface area contributed by atoms with Crippen LogP contribution in [0.1, 0.15) is 61.9 Å². The molecule has 0 spiro atoms. The molecule has 1 aliphatic rings. The van der Waals surface area contributed by atoms with Crippen molar-refractivity contribution >= 4 is 11.9 Å². The molecule has 3 rings (SSSR count). The van der Waals surface area contributed by atoms with E-state index >= 15 is 0 Å². The van der Waals surface area contributed by atoms with Gasteiger partial charge in [0.25, 0.3) is 5.91 Å². The summed E-state index contributed by atoms with van der Waals surface area (Å²) in [6.45, 7) is 2.54. The molecule has 1 unspecified atom stereocenters. The molecule has 1 aromatic heterocycles. The second-order valence-electron chi connectivity index (χ2n) is 7.05. The second-order valence-corrected chi connectivity index (χ2v) is 7.05. The first-order chi connectivity index (χ1) is 13.5. The summed E-state index contributed by atoms with van der Waals surface area (Å²) in [4.78, 5) is 30.1. The van der Waals surface area contributed by atoms with Crippen molar-refractivity contribution in [1.82, 2.24) is 19.7 Å². The maximum absolute atomic E-state index is 14.3. The summed E-state index contributed by atoms with van der Waals surface area (Å²) in [5, 5.41) is 13.3. The Kier molecular flexibility index (Phi) is 6.38. The molecule has 2 aromatic rings. The van der Waals surface area contributed by atoms with E-state index in [0.717, 1.165) is 25.7 Å². The van der Waals surface area contributed by atoms with Gasteiger partial charge in [-0.1, -0.05) is 19.1 Å². The summed E-state index contributed by atoms with van der Waals surface area (Å²) >= 11 is 0. The minimum Gasteiger partial charge on any atom is -0.481 e. The number of carboxylic acids is 1. The number of aromatic nitrogens is 3. The molecular weight excluding hydrogens is 363 g/mol. The highest BCUT2D eigenvalue weighted by atomic mass is 19.1. The van der Waals surface area contributed by atoms with Crippen LogP contribution in [-0.2, 0) is 11.2 Å². The molecule has 1 aromatic carbocycles. The summed E-state index contributed by atoms with van der Waals surface area (Å²) in [7, 11) is 0. The molecule has 1 fully saturated rings. The Labute approximate surface area is 163 Å². The molecule has 1 atom stereocenters. The highest BCUT2D eigenvalue weighted by Gasteiger charge is 2.31. The van der Waals surface area contributed by atoms with Gasteiger partial charge in [0, 0.05) is 25.4 Å². The Bertz CT molecular complexity index is 852. The van der Waals surface area contributed by atoms with E-state index < -0.39 is 11.8 Å². The average Bonchev–Trinajstić information content (AvgIpc) is 3.10. The number of carbonyl (C=O) groups excluding carboxylic acids is 1. The van der Waals surface area contributed by atoms with Crippen molar-refractivity contribution in [2.75, 3.05) is 6.54 Å². The molecule has 2 heterocycles. The smallest absolute Gasteiger partial charge is 0.303 e. The van der Waals surface area contributed by atoms with E-state index in [0.29, 0.717) is 25.2 Å². The van der Waals surface area contributed by atoms with Gasteiger partial charge in [-0.3, -0.25) is 9.59 Å². The van der Waals surface area contributed by atoms with Gasteiger partial charge in [-0.15, -0.1) is 5.10 Å². The first-order valence-electron chi connectivity index (χ1n) is 9.74. The summed E-state index contributed by atoms with van der Waals surface area (Å²) in [6.07, 6.45) is 4.39. The lowest BCUT2D eigenvalue weighted by Gasteiger charge is -2.34. The molecule has 1 saturated heterocycles. The van der Waals surface area contributed by atoms with Crippen molar-refractivity contribution in [3.8, 4) is 5.69 Å². The molecule has 1 amide bonds. The molecule has 150 valence electrons. The normalized spacial score (nSPS) is 16.9. The van der Waals surface area contributed by atoms with Crippen molar-refractivity contribution < 1.29 is 19.1 Å². The van der Waals surface area contributed by atoms with Gasteiger partial charge < -0.3 is 10.0 Å². The van der Waals surface area contributed by atoms with Gasteiger partial charge in [-0.05, 0) is 44.2 Å². The van der Waals surface area contributed by atoms with Crippen LogP contribution >= 0.6 is 0 Å². The molecule has 0 bridgehead atoms. The van der Waals surface area contributed by atoms with E-state index in [9.17, 15) is 14.0 Å². The average molecular weight is 388 g/mol. The van der Waals surface area contributed by atoms with Crippen LogP contribution in [0.25, 0.3) is 5.69 Å².